The molecule has 0 aliphatic rings. The Morgan fingerprint density at radius 2 is 0.762 bits per heavy atom. The highest BCUT2D eigenvalue weighted by Gasteiger charge is 2.28. The third-order valence-electron chi connectivity index (χ3n) is 7.63. The van der Waals surface area contributed by atoms with Gasteiger partial charge in [-0.15, -0.1) is 0 Å². The molecule has 2 rings (SSSR count). The Hall–Kier alpha value is -1.74. The zero-order valence-electron chi connectivity index (χ0n) is 26.2. The first-order valence-electron chi connectivity index (χ1n) is 16.1. The fourth-order valence-electron chi connectivity index (χ4n) is 4.95. The van der Waals surface area contributed by atoms with Crippen LogP contribution in [-0.2, 0) is 28.6 Å². The number of hydrogen-bond acceptors (Lipinski definition) is 6. The molecule has 2 aromatic rings. The summed E-state index contributed by atoms with van der Waals surface area (Å²) in [4.78, 5) is -0.0614. The standard InChI is InChI=1S/C34H54O6S2/c1-4-5-6-7-8-9-10-11-12-13-14-15-16-17-18-19-20-21-34(39-41(35,36)32-26-22-30(2)23-27-32)40-42(37,38)33-28-24-31(3)25-29-33/h22-29,34H,4-21H2,1-3H3. The molecule has 0 atom stereocenters. The van der Waals surface area contributed by atoms with Gasteiger partial charge in [0, 0.05) is 6.42 Å². The molecule has 0 saturated carbocycles. The second kappa shape index (κ2) is 20.3. The van der Waals surface area contributed by atoms with Gasteiger partial charge in [-0.25, -0.2) is 8.37 Å². The van der Waals surface area contributed by atoms with Crippen LogP contribution in [0.5, 0.6) is 0 Å². The van der Waals surface area contributed by atoms with Gasteiger partial charge in [0.2, 0.25) is 0 Å². The van der Waals surface area contributed by atoms with E-state index in [0.717, 1.165) is 30.4 Å². The van der Waals surface area contributed by atoms with Crippen LogP contribution in [-0.4, -0.2) is 23.1 Å². The van der Waals surface area contributed by atoms with Crippen molar-refractivity contribution in [2.24, 2.45) is 0 Å². The maximum atomic E-state index is 12.9. The van der Waals surface area contributed by atoms with Gasteiger partial charge in [-0.3, -0.25) is 0 Å². The Bertz CT molecular complexity index is 1110. The van der Waals surface area contributed by atoms with Crippen LogP contribution in [0.15, 0.2) is 58.3 Å². The average molecular weight is 623 g/mol. The van der Waals surface area contributed by atoms with E-state index in [-0.39, 0.29) is 16.2 Å². The summed E-state index contributed by atoms with van der Waals surface area (Å²) in [6, 6.07) is 12.5. The van der Waals surface area contributed by atoms with Gasteiger partial charge in [0.1, 0.15) is 0 Å². The highest BCUT2D eigenvalue weighted by molar-refractivity contribution is 7.87. The molecule has 0 spiro atoms. The molecule has 0 aliphatic heterocycles. The zero-order valence-corrected chi connectivity index (χ0v) is 27.8. The van der Waals surface area contributed by atoms with E-state index in [1.807, 2.05) is 13.8 Å². The number of hydrogen-bond donors (Lipinski definition) is 0. The second-order valence-corrected chi connectivity index (χ2v) is 14.7. The van der Waals surface area contributed by atoms with Crippen LogP contribution < -0.4 is 0 Å². The summed E-state index contributed by atoms with van der Waals surface area (Å²) in [5, 5.41) is 0. The van der Waals surface area contributed by atoms with E-state index in [9.17, 15) is 16.8 Å². The van der Waals surface area contributed by atoms with E-state index in [0.29, 0.717) is 6.42 Å². The minimum absolute atomic E-state index is 0.0307. The molecule has 8 heteroatoms. The Balaban J connectivity index is 1.72. The Morgan fingerprint density at radius 3 is 1.07 bits per heavy atom. The lowest BCUT2D eigenvalue weighted by molar-refractivity contribution is 0.00873. The minimum atomic E-state index is -4.20. The van der Waals surface area contributed by atoms with E-state index in [1.54, 1.807) is 24.3 Å². The molecule has 0 N–H and O–H groups in total. The highest BCUT2D eigenvalue weighted by atomic mass is 32.2. The summed E-state index contributed by atoms with van der Waals surface area (Å²) in [5.74, 6) is 0. The van der Waals surface area contributed by atoms with Gasteiger partial charge < -0.3 is 0 Å². The minimum Gasteiger partial charge on any atom is -0.233 e. The molecule has 0 aliphatic carbocycles. The molecular formula is C34H54O6S2. The van der Waals surface area contributed by atoms with Crippen molar-refractivity contribution in [3.8, 4) is 0 Å². The number of benzene rings is 2. The molecule has 0 amide bonds. The molecule has 2 aromatic carbocycles. The summed E-state index contributed by atoms with van der Waals surface area (Å²) in [5.41, 5.74) is 1.82. The third kappa shape index (κ3) is 15.1. The van der Waals surface area contributed by atoms with Gasteiger partial charge in [0.05, 0.1) is 9.79 Å². The maximum Gasteiger partial charge on any atom is 0.299 e. The van der Waals surface area contributed by atoms with E-state index in [1.165, 1.54) is 108 Å². The molecule has 0 heterocycles. The van der Waals surface area contributed by atoms with Crippen LogP contribution in [0.3, 0.4) is 0 Å². The molecule has 0 unspecified atom stereocenters. The third-order valence-corrected chi connectivity index (χ3v) is 10.3. The first-order valence-corrected chi connectivity index (χ1v) is 19.0. The summed E-state index contributed by atoms with van der Waals surface area (Å²) in [6.07, 6.45) is 19.7. The smallest absolute Gasteiger partial charge is 0.233 e. The molecule has 238 valence electrons. The SMILES string of the molecule is CCCCCCCCCCCCCCCCCCCC(OS(=O)(=O)c1ccc(C)cc1)OS(=O)(=O)c1ccc(C)cc1. The normalized spacial score (nSPS) is 12.3. The Labute approximate surface area is 256 Å². The molecule has 0 fully saturated rings. The van der Waals surface area contributed by atoms with Crippen LogP contribution in [0.4, 0.5) is 0 Å². The van der Waals surface area contributed by atoms with Crippen molar-refractivity contribution in [3.63, 3.8) is 0 Å². The van der Waals surface area contributed by atoms with Crippen LogP contribution in [0, 0.1) is 13.8 Å². The maximum absolute atomic E-state index is 12.9. The second-order valence-electron chi connectivity index (χ2n) is 11.6. The quantitative estimate of drug-likeness (QED) is 0.0658. The van der Waals surface area contributed by atoms with Crippen molar-refractivity contribution < 1.29 is 25.2 Å². The summed E-state index contributed by atoms with van der Waals surface area (Å²) in [6.45, 7) is 5.97. The highest BCUT2D eigenvalue weighted by Crippen LogP contribution is 2.23. The van der Waals surface area contributed by atoms with Crippen molar-refractivity contribution >= 4 is 20.2 Å². The van der Waals surface area contributed by atoms with E-state index >= 15 is 0 Å². The molecule has 0 bridgehead atoms. The predicted octanol–water partition coefficient (Wildman–Crippen LogP) is 9.78. The topological polar surface area (TPSA) is 86.7 Å². The van der Waals surface area contributed by atoms with Crippen LogP contribution in [0.1, 0.15) is 134 Å². The summed E-state index contributed by atoms with van der Waals surface area (Å²) >= 11 is 0. The summed E-state index contributed by atoms with van der Waals surface area (Å²) < 4.78 is 62.3. The Kier molecular flexibility index (Phi) is 17.6. The van der Waals surface area contributed by atoms with Crippen LogP contribution >= 0.6 is 0 Å². The molecule has 42 heavy (non-hydrogen) atoms. The largest absolute Gasteiger partial charge is 0.299 e. The number of aryl methyl sites for hydroxylation is 2. The number of rotatable bonds is 24. The van der Waals surface area contributed by atoms with Crippen LogP contribution in [0.25, 0.3) is 0 Å². The zero-order chi connectivity index (χ0) is 30.7. The fraction of sp³-hybridized carbons (Fsp3) is 0.647. The lowest BCUT2D eigenvalue weighted by Gasteiger charge is -2.18. The molecule has 6 nitrogen and oxygen atoms in total. The average Bonchev–Trinajstić information content (AvgIpc) is 2.94. The van der Waals surface area contributed by atoms with Crippen molar-refractivity contribution in [1.82, 2.24) is 0 Å². The first kappa shape index (κ1) is 36.5. The van der Waals surface area contributed by atoms with E-state index in [2.05, 4.69) is 6.92 Å². The van der Waals surface area contributed by atoms with Gasteiger partial charge in [0.15, 0.2) is 6.29 Å². The van der Waals surface area contributed by atoms with Crippen LogP contribution in [0.2, 0.25) is 0 Å². The number of unbranched alkanes of at least 4 members (excludes halogenated alkanes) is 16. The van der Waals surface area contributed by atoms with E-state index in [4.69, 9.17) is 8.37 Å². The van der Waals surface area contributed by atoms with Gasteiger partial charge in [-0.2, -0.15) is 16.8 Å². The molecule has 0 aromatic heterocycles. The van der Waals surface area contributed by atoms with Crippen molar-refractivity contribution in [3.05, 3.63) is 59.7 Å². The van der Waals surface area contributed by atoms with E-state index < -0.39 is 26.5 Å². The fourth-order valence-corrected chi connectivity index (χ4v) is 7.00. The van der Waals surface area contributed by atoms with Crippen molar-refractivity contribution in [1.29, 1.82) is 0 Å². The van der Waals surface area contributed by atoms with Gasteiger partial charge >= 0.3 is 0 Å². The molecule has 0 radical (unpaired) electrons. The van der Waals surface area contributed by atoms with Crippen molar-refractivity contribution in [2.75, 3.05) is 0 Å². The molecular weight excluding hydrogens is 569 g/mol. The predicted molar refractivity (Wildman–Crippen MR) is 171 cm³/mol. The lowest BCUT2D eigenvalue weighted by atomic mass is 10.0. The van der Waals surface area contributed by atoms with Crippen molar-refractivity contribution in [2.45, 2.75) is 152 Å². The first-order chi connectivity index (χ1) is 20.1. The van der Waals surface area contributed by atoms with Gasteiger partial charge in [0.25, 0.3) is 20.2 Å². The van der Waals surface area contributed by atoms with Gasteiger partial charge in [-0.05, 0) is 44.5 Å². The lowest BCUT2D eigenvalue weighted by Crippen LogP contribution is -2.25. The monoisotopic (exact) mass is 622 g/mol. The Morgan fingerprint density at radius 1 is 0.476 bits per heavy atom. The molecule has 0 saturated heterocycles. The van der Waals surface area contributed by atoms with Gasteiger partial charge in [-0.1, -0.05) is 145 Å². The summed E-state index contributed by atoms with van der Waals surface area (Å²) in [7, 11) is -8.40.